The first-order valence-corrected chi connectivity index (χ1v) is 6.90. The third kappa shape index (κ3) is 1.77. The molecule has 3 atom stereocenters. The molecule has 0 saturated heterocycles. The summed E-state index contributed by atoms with van der Waals surface area (Å²) >= 11 is 0. The van der Waals surface area contributed by atoms with Gasteiger partial charge in [0.05, 0.1) is 5.60 Å². The van der Waals surface area contributed by atoms with Crippen LogP contribution in [0.4, 0.5) is 0 Å². The molecule has 4 heteroatoms. The van der Waals surface area contributed by atoms with Crippen LogP contribution in [0.1, 0.15) is 40.0 Å². The Bertz CT molecular complexity index is 478. The smallest absolute Gasteiger partial charge is 0.325 e. The van der Waals surface area contributed by atoms with Crippen LogP contribution in [-0.4, -0.2) is 30.8 Å². The number of hydrogen-bond acceptors (Lipinski definition) is 4. The Hall–Kier alpha value is -0.870. The molecule has 2 saturated carbocycles. The van der Waals surface area contributed by atoms with Crippen LogP contribution in [0.2, 0.25) is 0 Å². The first-order valence-electron chi connectivity index (χ1n) is 6.90. The van der Waals surface area contributed by atoms with Crippen molar-refractivity contribution >= 4 is 5.97 Å². The molecule has 0 heterocycles. The van der Waals surface area contributed by atoms with E-state index in [-0.39, 0.29) is 17.0 Å². The summed E-state index contributed by atoms with van der Waals surface area (Å²) in [7, 11) is 1.80. The molecule has 106 valence electrons. The molecule has 0 amide bonds. The number of esters is 1. The molecule has 4 nitrogen and oxygen atoms in total. The van der Waals surface area contributed by atoms with Gasteiger partial charge in [-0.15, -0.1) is 0 Å². The summed E-state index contributed by atoms with van der Waals surface area (Å²) in [5.74, 6) is -0.345. The van der Waals surface area contributed by atoms with Crippen molar-refractivity contribution in [3.05, 3.63) is 11.6 Å². The minimum atomic E-state index is -0.931. The highest BCUT2D eigenvalue weighted by Gasteiger charge is 2.80. The Morgan fingerprint density at radius 3 is 2.74 bits per heavy atom. The minimum Gasteiger partial charge on any atom is -0.463 e. The van der Waals surface area contributed by atoms with Crippen LogP contribution in [0.5, 0.6) is 0 Å². The van der Waals surface area contributed by atoms with E-state index in [1.54, 1.807) is 21.0 Å². The lowest BCUT2D eigenvalue weighted by atomic mass is 9.80. The van der Waals surface area contributed by atoms with Crippen molar-refractivity contribution in [2.75, 3.05) is 13.7 Å². The molecule has 19 heavy (non-hydrogen) atoms. The largest absolute Gasteiger partial charge is 0.463 e. The molecule has 0 aromatic rings. The van der Waals surface area contributed by atoms with Crippen LogP contribution < -0.4 is 5.73 Å². The third-order valence-electron chi connectivity index (χ3n) is 4.98. The highest BCUT2D eigenvalue weighted by atomic mass is 16.5. The molecule has 2 N–H and O–H groups in total. The van der Waals surface area contributed by atoms with E-state index in [1.165, 1.54) is 5.57 Å². The lowest BCUT2D eigenvalue weighted by molar-refractivity contribution is -0.152. The van der Waals surface area contributed by atoms with Gasteiger partial charge in [0, 0.05) is 17.9 Å². The number of nitrogens with two attached hydrogens (primary N) is 1. The van der Waals surface area contributed by atoms with E-state index in [0.717, 1.165) is 19.3 Å². The van der Waals surface area contributed by atoms with E-state index in [9.17, 15) is 4.79 Å². The van der Waals surface area contributed by atoms with E-state index >= 15 is 0 Å². The van der Waals surface area contributed by atoms with Gasteiger partial charge in [0.15, 0.2) is 0 Å². The summed E-state index contributed by atoms with van der Waals surface area (Å²) in [6, 6.07) is 0. The number of methoxy groups -OCH3 is 1. The fourth-order valence-electron chi connectivity index (χ4n) is 3.75. The predicted octanol–water partition coefficient (Wildman–Crippen LogP) is 1.78. The van der Waals surface area contributed by atoms with Crippen molar-refractivity contribution in [1.29, 1.82) is 0 Å². The van der Waals surface area contributed by atoms with Gasteiger partial charge < -0.3 is 15.2 Å². The number of ether oxygens (including phenoxy) is 2. The zero-order valence-corrected chi connectivity index (χ0v) is 12.2. The van der Waals surface area contributed by atoms with Crippen LogP contribution in [0.25, 0.3) is 0 Å². The molecule has 3 rings (SSSR count). The Labute approximate surface area is 114 Å². The SMILES string of the molecule is COC12CC(C)(COC(=O)C(C)(C)N)C=C3CC31C2. The van der Waals surface area contributed by atoms with Crippen LogP contribution in [0, 0.1) is 10.8 Å². The van der Waals surface area contributed by atoms with Crippen molar-refractivity contribution in [2.45, 2.75) is 51.2 Å². The van der Waals surface area contributed by atoms with Crippen molar-refractivity contribution in [1.82, 2.24) is 0 Å². The monoisotopic (exact) mass is 265 g/mol. The van der Waals surface area contributed by atoms with Crippen molar-refractivity contribution in [2.24, 2.45) is 16.6 Å². The number of carbonyl (C=O) groups excluding carboxylic acids is 1. The van der Waals surface area contributed by atoms with Gasteiger partial charge in [-0.25, -0.2) is 0 Å². The fourth-order valence-corrected chi connectivity index (χ4v) is 3.75. The Morgan fingerprint density at radius 2 is 2.16 bits per heavy atom. The van der Waals surface area contributed by atoms with Crippen LogP contribution in [-0.2, 0) is 14.3 Å². The molecule has 0 aromatic carbocycles. The Morgan fingerprint density at radius 1 is 1.47 bits per heavy atom. The maximum Gasteiger partial charge on any atom is 0.325 e. The summed E-state index contributed by atoms with van der Waals surface area (Å²) in [4.78, 5) is 11.8. The lowest BCUT2D eigenvalue weighted by Crippen LogP contribution is -2.44. The van der Waals surface area contributed by atoms with Crippen LogP contribution in [0.3, 0.4) is 0 Å². The second-order valence-electron chi connectivity index (χ2n) is 7.43. The molecule has 0 bridgehead atoms. The van der Waals surface area contributed by atoms with Gasteiger partial charge in [0.25, 0.3) is 0 Å². The molecule has 3 aliphatic carbocycles. The Balaban J connectivity index is 1.69. The lowest BCUT2D eigenvalue weighted by Gasteiger charge is -2.33. The maximum atomic E-state index is 11.8. The van der Waals surface area contributed by atoms with Crippen molar-refractivity contribution in [3.8, 4) is 0 Å². The highest BCUT2D eigenvalue weighted by molar-refractivity contribution is 5.79. The third-order valence-corrected chi connectivity index (χ3v) is 4.98. The molecular formula is C15H23NO3. The van der Waals surface area contributed by atoms with Gasteiger partial charge >= 0.3 is 5.97 Å². The molecule has 0 aromatic heterocycles. The summed E-state index contributed by atoms with van der Waals surface area (Å²) in [6.45, 7) is 5.86. The van der Waals surface area contributed by atoms with Gasteiger partial charge in [-0.2, -0.15) is 0 Å². The van der Waals surface area contributed by atoms with E-state index in [4.69, 9.17) is 15.2 Å². The summed E-state index contributed by atoms with van der Waals surface area (Å²) in [5, 5.41) is 0. The summed E-state index contributed by atoms with van der Waals surface area (Å²) < 4.78 is 11.2. The van der Waals surface area contributed by atoms with Gasteiger partial charge in [-0.05, 0) is 33.1 Å². The molecule has 3 unspecified atom stereocenters. The van der Waals surface area contributed by atoms with E-state index in [2.05, 4.69) is 13.0 Å². The second kappa shape index (κ2) is 3.41. The predicted molar refractivity (Wildman–Crippen MR) is 71.4 cm³/mol. The van der Waals surface area contributed by atoms with E-state index in [1.807, 2.05) is 0 Å². The normalized spacial score (nSPS) is 42.9. The molecule has 0 aliphatic heterocycles. The number of rotatable bonds is 4. The highest BCUT2D eigenvalue weighted by Crippen LogP contribution is 2.82. The first kappa shape index (κ1) is 13.1. The first-order chi connectivity index (χ1) is 8.66. The molecule has 0 radical (unpaired) electrons. The quantitative estimate of drug-likeness (QED) is 0.622. The summed E-state index contributed by atoms with van der Waals surface area (Å²) in [5.41, 5.74) is 6.55. The average molecular weight is 265 g/mol. The molecule has 2 fully saturated rings. The average Bonchev–Trinajstić information content (AvgIpc) is 3.13. The van der Waals surface area contributed by atoms with Gasteiger partial charge in [-0.1, -0.05) is 18.6 Å². The second-order valence-corrected chi connectivity index (χ2v) is 7.43. The van der Waals surface area contributed by atoms with Gasteiger partial charge in [0.1, 0.15) is 12.1 Å². The van der Waals surface area contributed by atoms with E-state index in [0.29, 0.717) is 12.0 Å². The van der Waals surface area contributed by atoms with Crippen molar-refractivity contribution in [3.63, 3.8) is 0 Å². The zero-order chi connectivity index (χ0) is 14.1. The molecular weight excluding hydrogens is 242 g/mol. The molecule has 1 spiro atoms. The van der Waals surface area contributed by atoms with Crippen molar-refractivity contribution < 1.29 is 14.3 Å². The maximum absolute atomic E-state index is 11.8. The zero-order valence-electron chi connectivity index (χ0n) is 12.2. The Kier molecular flexibility index (Phi) is 2.36. The molecule has 3 aliphatic rings. The minimum absolute atomic E-state index is 0.0104. The van der Waals surface area contributed by atoms with Gasteiger partial charge in [-0.3, -0.25) is 4.79 Å². The number of hydrogen-bond donors (Lipinski definition) is 1. The standard InChI is InChI=1S/C15H23NO3/c1-12(2,16)11(17)19-9-13(3)5-10-6-14(10)8-15(14,7-13)18-4/h5H,6-9,16H2,1-4H3. The van der Waals surface area contributed by atoms with E-state index < -0.39 is 5.54 Å². The topological polar surface area (TPSA) is 61.5 Å². The van der Waals surface area contributed by atoms with Crippen LogP contribution >= 0.6 is 0 Å². The van der Waals surface area contributed by atoms with Gasteiger partial charge in [0.2, 0.25) is 0 Å². The number of carbonyl (C=O) groups is 1. The summed E-state index contributed by atoms with van der Waals surface area (Å²) in [6.07, 6.45) is 5.52. The van der Waals surface area contributed by atoms with Crippen LogP contribution in [0.15, 0.2) is 11.6 Å². The fraction of sp³-hybridized carbons (Fsp3) is 0.800.